The van der Waals surface area contributed by atoms with Crippen LogP contribution in [-0.4, -0.2) is 25.3 Å². The predicted molar refractivity (Wildman–Crippen MR) is 67.9 cm³/mol. The summed E-state index contributed by atoms with van der Waals surface area (Å²) in [5, 5.41) is 11.0. The van der Waals surface area contributed by atoms with Crippen LogP contribution in [-0.2, 0) is 4.79 Å². The van der Waals surface area contributed by atoms with E-state index in [4.69, 9.17) is 0 Å². The number of aromatic nitrogens is 3. The molecule has 2 heterocycles. The van der Waals surface area contributed by atoms with Gasteiger partial charge in [-0.05, 0) is 26.0 Å². The van der Waals surface area contributed by atoms with Gasteiger partial charge in [0, 0.05) is 6.20 Å². The Kier molecular flexibility index (Phi) is 3.42. The molecule has 0 saturated heterocycles. The van der Waals surface area contributed by atoms with Crippen molar-refractivity contribution in [3.05, 3.63) is 30.2 Å². The van der Waals surface area contributed by atoms with E-state index in [0.29, 0.717) is 0 Å². The zero-order chi connectivity index (χ0) is 12.4. The first kappa shape index (κ1) is 12.0. The molecule has 0 aromatic carbocycles. The number of hydrogen-bond acceptors (Lipinski definition) is 3. The third-order valence-corrected chi connectivity index (χ3v) is 2.86. The van der Waals surface area contributed by atoms with E-state index in [1.54, 1.807) is 6.92 Å². The second-order valence-corrected chi connectivity index (χ2v) is 5.21. The highest BCUT2D eigenvalue weighted by molar-refractivity contribution is 9.10. The van der Waals surface area contributed by atoms with Gasteiger partial charge in [0.05, 0.1) is 10.9 Å². The molecule has 0 aliphatic rings. The molecule has 0 aliphatic heterocycles. The van der Waals surface area contributed by atoms with E-state index in [2.05, 4.69) is 31.4 Å². The van der Waals surface area contributed by atoms with Crippen molar-refractivity contribution in [1.29, 1.82) is 0 Å². The lowest BCUT2D eigenvalue weighted by Crippen LogP contribution is -2.32. The number of hydrogen-bond donors (Lipinski definition) is 1. The van der Waals surface area contributed by atoms with Crippen molar-refractivity contribution in [3.8, 4) is 0 Å². The number of pyridine rings is 1. The maximum Gasteiger partial charge on any atom is 0.234 e. The van der Waals surface area contributed by atoms with Gasteiger partial charge in [-0.2, -0.15) is 0 Å². The van der Waals surface area contributed by atoms with E-state index in [1.807, 2.05) is 35.7 Å². The van der Waals surface area contributed by atoms with Crippen molar-refractivity contribution in [2.75, 3.05) is 0 Å². The van der Waals surface area contributed by atoms with E-state index in [9.17, 15) is 4.79 Å². The van der Waals surface area contributed by atoms with Crippen LogP contribution in [0.4, 0.5) is 0 Å². The number of fused-ring (bicyclic) bond motifs is 1. The van der Waals surface area contributed by atoms with E-state index in [-0.39, 0.29) is 16.8 Å². The minimum Gasteiger partial charge on any atom is -0.345 e. The van der Waals surface area contributed by atoms with Crippen molar-refractivity contribution in [1.82, 2.24) is 19.9 Å². The van der Waals surface area contributed by atoms with Gasteiger partial charge in [-0.25, -0.2) is 0 Å². The molecule has 2 atom stereocenters. The molecule has 17 heavy (non-hydrogen) atoms. The number of carbonyl (C=O) groups is 1. The number of rotatable bonds is 3. The van der Waals surface area contributed by atoms with Gasteiger partial charge in [-0.1, -0.05) is 22.0 Å². The zero-order valence-corrected chi connectivity index (χ0v) is 11.2. The molecule has 6 heteroatoms. The van der Waals surface area contributed by atoms with Crippen LogP contribution in [0, 0.1) is 0 Å². The molecule has 90 valence electrons. The normalized spacial score (nSPS) is 14.5. The molecule has 2 unspecified atom stereocenters. The highest BCUT2D eigenvalue weighted by Gasteiger charge is 2.17. The van der Waals surface area contributed by atoms with Crippen molar-refractivity contribution < 1.29 is 4.79 Å². The predicted octanol–water partition coefficient (Wildman–Crippen LogP) is 1.69. The summed E-state index contributed by atoms with van der Waals surface area (Å²) in [5.74, 6) is 0.660. The topological polar surface area (TPSA) is 59.3 Å². The van der Waals surface area contributed by atoms with Crippen LogP contribution >= 0.6 is 15.9 Å². The maximum absolute atomic E-state index is 11.6. The standard InChI is InChI=1S/C11H13BrN4O/c1-7(12)11(17)13-8(2)10-15-14-9-5-3-4-6-16(9)10/h3-8H,1-2H3,(H,13,17). The van der Waals surface area contributed by atoms with Gasteiger partial charge >= 0.3 is 0 Å². The van der Waals surface area contributed by atoms with Gasteiger partial charge in [-0.3, -0.25) is 9.20 Å². The van der Waals surface area contributed by atoms with Gasteiger partial charge in [0.1, 0.15) is 0 Å². The van der Waals surface area contributed by atoms with Crippen molar-refractivity contribution in [2.45, 2.75) is 24.7 Å². The van der Waals surface area contributed by atoms with Crippen molar-refractivity contribution >= 4 is 27.5 Å². The second-order valence-electron chi connectivity index (χ2n) is 3.83. The molecule has 1 N–H and O–H groups in total. The molecule has 0 spiro atoms. The first-order valence-electron chi connectivity index (χ1n) is 5.33. The average molecular weight is 297 g/mol. The summed E-state index contributed by atoms with van der Waals surface area (Å²) >= 11 is 3.23. The number of alkyl halides is 1. The SMILES string of the molecule is CC(Br)C(=O)NC(C)c1nnc2ccccn12. The molecular formula is C11H13BrN4O. The van der Waals surface area contributed by atoms with Crippen LogP contribution in [0.1, 0.15) is 25.7 Å². The van der Waals surface area contributed by atoms with Gasteiger partial charge in [0.2, 0.25) is 5.91 Å². The van der Waals surface area contributed by atoms with Gasteiger partial charge in [-0.15, -0.1) is 10.2 Å². The maximum atomic E-state index is 11.6. The Bertz CT molecular complexity index is 537. The lowest BCUT2D eigenvalue weighted by molar-refractivity contribution is -0.120. The fourth-order valence-corrected chi connectivity index (χ4v) is 1.68. The van der Waals surface area contributed by atoms with Crippen LogP contribution in [0.3, 0.4) is 0 Å². The number of nitrogens with one attached hydrogen (secondary N) is 1. The number of amides is 1. The second kappa shape index (κ2) is 4.83. The minimum absolute atomic E-state index is 0.0646. The number of nitrogens with zero attached hydrogens (tertiary/aromatic N) is 3. The lowest BCUT2D eigenvalue weighted by Gasteiger charge is -2.13. The molecule has 5 nitrogen and oxygen atoms in total. The first-order valence-corrected chi connectivity index (χ1v) is 6.25. The lowest BCUT2D eigenvalue weighted by atomic mass is 10.3. The van der Waals surface area contributed by atoms with E-state index >= 15 is 0 Å². The van der Waals surface area contributed by atoms with Crippen LogP contribution in [0.5, 0.6) is 0 Å². The smallest absolute Gasteiger partial charge is 0.234 e. The molecule has 0 fully saturated rings. The Balaban J connectivity index is 2.25. The molecule has 1 amide bonds. The fourth-order valence-electron chi connectivity index (χ4n) is 1.55. The summed E-state index contributed by atoms with van der Waals surface area (Å²) in [6.07, 6.45) is 1.88. The molecule has 2 rings (SSSR count). The van der Waals surface area contributed by atoms with E-state index in [0.717, 1.165) is 11.5 Å². The molecule has 0 radical (unpaired) electrons. The highest BCUT2D eigenvalue weighted by Crippen LogP contribution is 2.12. The van der Waals surface area contributed by atoms with Gasteiger partial charge < -0.3 is 5.32 Å². The summed E-state index contributed by atoms with van der Waals surface area (Å²) in [4.78, 5) is 11.4. The summed E-state index contributed by atoms with van der Waals surface area (Å²) in [6, 6.07) is 5.50. The Morgan fingerprint density at radius 1 is 1.41 bits per heavy atom. The van der Waals surface area contributed by atoms with E-state index < -0.39 is 0 Å². The number of carbonyl (C=O) groups excluding carboxylic acids is 1. The van der Waals surface area contributed by atoms with Crippen molar-refractivity contribution in [2.24, 2.45) is 0 Å². The quantitative estimate of drug-likeness (QED) is 0.877. The third-order valence-electron chi connectivity index (χ3n) is 2.45. The van der Waals surface area contributed by atoms with Gasteiger partial charge in [0.25, 0.3) is 0 Å². The average Bonchev–Trinajstić information content (AvgIpc) is 2.72. The first-order chi connectivity index (χ1) is 8.09. The Morgan fingerprint density at radius 3 is 2.88 bits per heavy atom. The zero-order valence-electron chi connectivity index (χ0n) is 9.59. The number of halogens is 1. The van der Waals surface area contributed by atoms with E-state index in [1.165, 1.54) is 0 Å². The van der Waals surface area contributed by atoms with Crippen LogP contribution < -0.4 is 5.32 Å². The summed E-state index contributed by atoms with van der Waals surface area (Å²) in [7, 11) is 0. The van der Waals surface area contributed by atoms with Crippen molar-refractivity contribution in [3.63, 3.8) is 0 Å². The molecular weight excluding hydrogens is 284 g/mol. The molecule has 0 bridgehead atoms. The largest absolute Gasteiger partial charge is 0.345 e. The third kappa shape index (κ3) is 2.46. The Hall–Kier alpha value is -1.43. The Labute approximate surface area is 107 Å². The summed E-state index contributed by atoms with van der Waals surface area (Å²) < 4.78 is 1.86. The Morgan fingerprint density at radius 2 is 2.18 bits per heavy atom. The van der Waals surface area contributed by atoms with Gasteiger partial charge in [0.15, 0.2) is 11.5 Å². The summed E-state index contributed by atoms with van der Waals surface area (Å²) in [6.45, 7) is 3.67. The molecule has 0 aliphatic carbocycles. The molecule has 0 saturated carbocycles. The molecule has 2 aromatic rings. The molecule has 2 aromatic heterocycles. The van der Waals surface area contributed by atoms with Crippen LogP contribution in [0.2, 0.25) is 0 Å². The summed E-state index contributed by atoms with van der Waals surface area (Å²) in [5.41, 5.74) is 0.774. The minimum atomic E-state index is -0.218. The fraction of sp³-hybridized carbons (Fsp3) is 0.364. The monoisotopic (exact) mass is 296 g/mol. The van der Waals surface area contributed by atoms with Crippen LogP contribution in [0.15, 0.2) is 24.4 Å². The highest BCUT2D eigenvalue weighted by atomic mass is 79.9. The van der Waals surface area contributed by atoms with Crippen LogP contribution in [0.25, 0.3) is 5.65 Å².